The summed E-state index contributed by atoms with van der Waals surface area (Å²) >= 11 is 3.17. The molecule has 2 rings (SSSR count). The van der Waals surface area contributed by atoms with Crippen LogP contribution in [0.2, 0.25) is 0 Å². The van der Waals surface area contributed by atoms with Gasteiger partial charge in [-0.3, -0.25) is 0 Å². The molecule has 1 heterocycles. The molecule has 2 nitrogen and oxygen atoms in total. The SMILES string of the molecule is NC(CC1CCOC1)c1cccc(Br)c1F. The highest BCUT2D eigenvalue weighted by Crippen LogP contribution is 2.28. The molecule has 1 aromatic carbocycles. The molecule has 2 N–H and O–H groups in total. The number of ether oxygens (including phenoxy) is 1. The lowest BCUT2D eigenvalue weighted by Crippen LogP contribution is -2.17. The number of benzene rings is 1. The molecule has 0 aromatic heterocycles. The molecule has 1 fully saturated rings. The Kier molecular flexibility index (Phi) is 3.95. The van der Waals surface area contributed by atoms with Gasteiger partial charge in [0.05, 0.1) is 4.47 Å². The van der Waals surface area contributed by atoms with Crippen molar-refractivity contribution in [2.24, 2.45) is 11.7 Å². The zero-order valence-electron chi connectivity index (χ0n) is 8.96. The first kappa shape index (κ1) is 12.0. The first-order valence-electron chi connectivity index (χ1n) is 5.45. The van der Waals surface area contributed by atoms with Gasteiger partial charge in [0.1, 0.15) is 5.82 Å². The van der Waals surface area contributed by atoms with Crippen LogP contribution in [-0.4, -0.2) is 13.2 Å². The molecular weight excluding hydrogens is 273 g/mol. The van der Waals surface area contributed by atoms with Gasteiger partial charge in [0.15, 0.2) is 0 Å². The Bertz CT molecular complexity index is 366. The van der Waals surface area contributed by atoms with Gasteiger partial charge in [0.2, 0.25) is 0 Å². The summed E-state index contributed by atoms with van der Waals surface area (Å²) in [5.74, 6) is 0.224. The summed E-state index contributed by atoms with van der Waals surface area (Å²) in [6.45, 7) is 1.56. The van der Waals surface area contributed by atoms with E-state index in [0.29, 0.717) is 16.0 Å². The van der Waals surface area contributed by atoms with Crippen LogP contribution in [0, 0.1) is 11.7 Å². The third-order valence-electron chi connectivity index (χ3n) is 2.99. The van der Waals surface area contributed by atoms with Crippen molar-refractivity contribution in [2.75, 3.05) is 13.2 Å². The van der Waals surface area contributed by atoms with E-state index in [-0.39, 0.29) is 11.9 Å². The second-order valence-electron chi connectivity index (χ2n) is 4.21. The van der Waals surface area contributed by atoms with Crippen LogP contribution < -0.4 is 5.73 Å². The number of hydrogen-bond donors (Lipinski definition) is 1. The van der Waals surface area contributed by atoms with E-state index < -0.39 is 0 Å². The summed E-state index contributed by atoms with van der Waals surface area (Å²) < 4.78 is 19.5. The van der Waals surface area contributed by atoms with E-state index in [2.05, 4.69) is 15.9 Å². The topological polar surface area (TPSA) is 35.2 Å². The third kappa shape index (κ3) is 2.62. The Balaban J connectivity index is 2.07. The number of halogens is 2. The van der Waals surface area contributed by atoms with Crippen LogP contribution in [0.15, 0.2) is 22.7 Å². The van der Waals surface area contributed by atoms with Crippen molar-refractivity contribution in [3.8, 4) is 0 Å². The highest BCUT2D eigenvalue weighted by Gasteiger charge is 2.21. The van der Waals surface area contributed by atoms with Gasteiger partial charge in [-0.25, -0.2) is 4.39 Å². The molecule has 0 saturated carbocycles. The maximum Gasteiger partial charge on any atom is 0.142 e. The first-order valence-corrected chi connectivity index (χ1v) is 6.25. The Hall–Kier alpha value is -0.450. The average Bonchev–Trinajstić information content (AvgIpc) is 2.74. The second kappa shape index (κ2) is 5.25. The van der Waals surface area contributed by atoms with Gasteiger partial charge in [-0.1, -0.05) is 12.1 Å². The standard InChI is InChI=1S/C12H15BrFNO/c13-10-3-1-2-9(12(10)14)11(15)6-8-4-5-16-7-8/h1-3,8,11H,4-7,15H2. The van der Waals surface area contributed by atoms with E-state index in [0.717, 1.165) is 26.1 Å². The average molecular weight is 288 g/mol. The Morgan fingerprint density at radius 3 is 3.06 bits per heavy atom. The van der Waals surface area contributed by atoms with E-state index in [1.165, 1.54) is 0 Å². The van der Waals surface area contributed by atoms with Crippen molar-refractivity contribution in [1.82, 2.24) is 0 Å². The Morgan fingerprint density at radius 1 is 1.56 bits per heavy atom. The molecule has 1 aromatic rings. The molecule has 2 unspecified atom stereocenters. The molecule has 0 spiro atoms. The summed E-state index contributed by atoms with van der Waals surface area (Å²) in [6.07, 6.45) is 1.82. The molecular formula is C12H15BrFNO. The van der Waals surface area contributed by atoms with Crippen LogP contribution in [0.1, 0.15) is 24.4 Å². The predicted octanol–water partition coefficient (Wildman–Crippen LogP) is 3.01. The van der Waals surface area contributed by atoms with Crippen molar-refractivity contribution >= 4 is 15.9 Å². The van der Waals surface area contributed by atoms with Crippen molar-refractivity contribution in [3.05, 3.63) is 34.1 Å². The normalized spacial score (nSPS) is 22.3. The second-order valence-corrected chi connectivity index (χ2v) is 5.07. The smallest absolute Gasteiger partial charge is 0.142 e. The van der Waals surface area contributed by atoms with Crippen LogP contribution in [0.5, 0.6) is 0 Å². The zero-order valence-corrected chi connectivity index (χ0v) is 10.5. The summed E-state index contributed by atoms with van der Waals surface area (Å²) in [6, 6.07) is 5.00. The fourth-order valence-corrected chi connectivity index (χ4v) is 2.44. The molecule has 0 radical (unpaired) electrons. The Labute approximate surface area is 103 Å². The highest BCUT2D eigenvalue weighted by atomic mass is 79.9. The van der Waals surface area contributed by atoms with Crippen LogP contribution in [0.25, 0.3) is 0 Å². The minimum atomic E-state index is -0.246. The lowest BCUT2D eigenvalue weighted by atomic mass is 9.94. The number of hydrogen-bond acceptors (Lipinski definition) is 2. The molecule has 2 atom stereocenters. The van der Waals surface area contributed by atoms with Gasteiger partial charge >= 0.3 is 0 Å². The molecule has 88 valence electrons. The van der Waals surface area contributed by atoms with Crippen molar-refractivity contribution in [2.45, 2.75) is 18.9 Å². The zero-order chi connectivity index (χ0) is 11.5. The largest absolute Gasteiger partial charge is 0.381 e. The van der Waals surface area contributed by atoms with Crippen molar-refractivity contribution < 1.29 is 9.13 Å². The van der Waals surface area contributed by atoms with Gasteiger partial charge in [-0.15, -0.1) is 0 Å². The minimum absolute atomic E-state index is 0.242. The quantitative estimate of drug-likeness (QED) is 0.928. The molecule has 4 heteroatoms. The van der Waals surface area contributed by atoms with Gasteiger partial charge in [0.25, 0.3) is 0 Å². The molecule has 1 aliphatic heterocycles. The monoisotopic (exact) mass is 287 g/mol. The fourth-order valence-electron chi connectivity index (χ4n) is 2.06. The lowest BCUT2D eigenvalue weighted by molar-refractivity contribution is 0.182. The van der Waals surface area contributed by atoms with E-state index in [4.69, 9.17) is 10.5 Å². The maximum atomic E-state index is 13.8. The van der Waals surface area contributed by atoms with Gasteiger partial charge < -0.3 is 10.5 Å². The number of nitrogens with two attached hydrogens (primary N) is 1. The van der Waals surface area contributed by atoms with E-state index >= 15 is 0 Å². The lowest BCUT2D eigenvalue weighted by Gasteiger charge is -2.16. The van der Waals surface area contributed by atoms with Gasteiger partial charge in [-0.05, 0) is 40.8 Å². The summed E-state index contributed by atoms with van der Waals surface area (Å²) in [4.78, 5) is 0. The first-order chi connectivity index (χ1) is 7.68. The molecule has 16 heavy (non-hydrogen) atoms. The van der Waals surface area contributed by atoms with Crippen LogP contribution in [0.4, 0.5) is 4.39 Å². The highest BCUT2D eigenvalue weighted by molar-refractivity contribution is 9.10. The fraction of sp³-hybridized carbons (Fsp3) is 0.500. The van der Waals surface area contributed by atoms with Crippen LogP contribution in [-0.2, 0) is 4.74 Å². The van der Waals surface area contributed by atoms with E-state index in [1.54, 1.807) is 12.1 Å². The summed E-state index contributed by atoms with van der Waals surface area (Å²) in [5, 5.41) is 0. The predicted molar refractivity (Wildman–Crippen MR) is 64.6 cm³/mol. The van der Waals surface area contributed by atoms with Crippen LogP contribution >= 0.6 is 15.9 Å². The molecule has 0 aliphatic carbocycles. The van der Waals surface area contributed by atoms with Crippen LogP contribution in [0.3, 0.4) is 0 Å². The van der Waals surface area contributed by atoms with Gasteiger partial charge in [-0.2, -0.15) is 0 Å². The van der Waals surface area contributed by atoms with E-state index in [9.17, 15) is 4.39 Å². The van der Waals surface area contributed by atoms with Crippen molar-refractivity contribution in [3.63, 3.8) is 0 Å². The minimum Gasteiger partial charge on any atom is -0.381 e. The van der Waals surface area contributed by atoms with E-state index in [1.807, 2.05) is 6.07 Å². The summed E-state index contributed by atoms with van der Waals surface area (Å²) in [5.41, 5.74) is 6.61. The molecule has 1 saturated heterocycles. The molecule has 1 aliphatic rings. The molecule has 0 amide bonds. The van der Waals surface area contributed by atoms with Crippen molar-refractivity contribution in [1.29, 1.82) is 0 Å². The number of rotatable bonds is 3. The maximum absolute atomic E-state index is 13.8. The molecule has 0 bridgehead atoms. The Morgan fingerprint density at radius 2 is 2.38 bits per heavy atom. The van der Waals surface area contributed by atoms with Gasteiger partial charge in [0, 0.05) is 24.8 Å². The third-order valence-corrected chi connectivity index (χ3v) is 3.60. The summed E-state index contributed by atoms with van der Waals surface area (Å²) in [7, 11) is 0.